The zero-order valence-electron chi connectivity index (χ0n) is 8.02. The van der Waals surface area contributed by atoms with Crippen molar-refractivity contribution >= 4 is 29.8 Å². The van der Waals surface area contributed by atoms with Crippen molar-refractivity contribution in [2.45, 2.75) is 40.0 Å². The first kappa shape index (κ1) is 10.5. The number of ketones is 1. The van der Waals surface area contributed by atoms with Gasteiger partial charge in [-0.15, -0.1) is 24.0 Å². The highest BCUT2D eigenvalue weighted by Gasteiger charge is 2.61. The summed E-state index contributed by atoms with van der Waals surface area (Å²) in [5.41, 5.74) is 0.307. The number of carbonyl (C=O) groups is 1. The first-order chi connectivity index (χ1) is 4.98. The van der Waals surface area contributed by atoms with Gasteiger partial charge in [-0.1, -0.05) is 20.8 Å². The average molecular weight is 280 g/mol. The quantitative estimate of drug-likeness (QED) is 0.623. The van der Waals surface area contributed by atoms with Crippen LogP contribution in [-0.4, -0.2) is 5.78 Å². The van der Waals surface area contributed by atoms with Crippen LogP contribution in [0.2, 0.25) is 0 Å². The maximum Gasteiger partial charge on any atom is 0.139 e. The van der Waals surface area contributed by atoms with Crippen LogP contribution in [0.3, 0.4) is 0 Å². The molecule has 2 rings (SSSR count). The van der Waals surface area contributed by atoms with Crippen molar-refractivity contribution in [1.29, 1.82) is 0 Å². The minimum Gasteiger partial charge on any atom is -0.299 e. The molecule has 2 saturated carbocycles. The van der Waals surface area contributed by atoms with E-state index in [4.69, 9.17) is 0 Å². The molecule has 2 unspecified atom stereocenters. The molecule has 2 aliphatic carbocycles. The molecular formula is C10H17IO. The van der Waals surface area contributed by atoms with Crippen LogP contribution in [0, 0.1) is 16.7 Å². The fourth-order valence-corrected chi connectivity index (χ4v) is 2.90. The number of fused-ring (bicyclic) bond motifs is 2. The molecule has 0 aromatic rings. The van der Waals surface area contributed by atoms with Gasteiger partial charge in [0.25, 0.3) is 0 Å². The Morgan fingerprint density at radius 1 is 1.33 bits per heavy atom. The molecule has 0 saturated heterocycles. The number of Topliss-reactive ketones (excluding diaryl/α,β-unsaturated/α-hetero) is 1. The molecule has 2 fully saturated rings. The van der Waals surface area contributed by atoms with Crippen LogP contribution in [0.25, 0.3) is 0 Å². The number of hydrogen-bond donors (Lipinski definition) is 0. The second kappa shape index (κ2) is 2.69. The van der Waals surface area contributed by atoms with E-state index in [1.165, 1.54) is 6.42 Å². The van der Waals surface area contributed by atoms with Gasteiger partial charge in [-0.2, -0.15) is 0 Å². The maximum absolute atomic E-state index is 11.6. The third kappa shape index (κ3) is 0.932. The summed E-state index contributed by atoms with van der Waals surface area (Å²) in [4.78, 5) is 11.6. The van der Waals surface area contributed by atoms with E-state index in [0.717, 1.165) is 12.8 Å². The predicted molar refractivity (Wildman–Crippen MR) is 59.7 cm³/mol. The van der Waals surface area contributed by atoms with Crippen LogP contribution in [0.15, 0.2) is 0 Å². The lowest BCUT2D eigenvalue weighted by Crippen LogP contribution is -2.32. The first-order valence-corrected chi connectivity index (χ1v) is 4.52. The molecular weight excluding hydrogens is 263 g/mol. The normalized spacial score (nSPS) is 42.9. The number of hydrogen-bond acceptors (Lipinski definition) is 1. The molecule has 0 aliphatic heterocycles. The lowest BCUT2D eigenvalue weighted by Gasteiger charge is -2.32. The van der Waals surface area contributed by atoms with Gasteiger partial charge in [0.15, 0.2) is 0 Å². The van der Waals surface area contributed by atoms with Crippen molar-refractivity contribution in [3.05, 3.63) is 0 Å². The van der Waals surface area contributed by atoms with Crippen molar-refractivity contribution in [1.82, 2.24) is 0 Å². The van der Waals surface area contributed by atoms with E-state index in [-0.39, 0.29) is 34.8 Å². The molecule has 0 aromatic carbocycles. The molecule has 2 aliphatic rings. The average Bonchev–Trinajstić information content (AvgIpc) is 2.20. The Bertz CT molecular complexity index is 222. The SMILES string of the molecule is CC12CCC(CC1=O)C2(C)C.I. The molecule has 12 heavy (non-hydrogen) atoms. The van der Waals surface area contributed by atoms with Crippen LogP contribution < -0.4 is 0 Å². The van der Waals surface area contributed by atoms with Crippen LogP contribution in [-0.2, 0) is 4.79 Å². The van der Waals surface area contributed by atoms with Crippen LogP contribution in [0.1, 0.15) is 40.0 Å². The van der Waals surface area contributed by atoms with E-state index >= 15 is 0 Å². The van der Waals surface area contributed by atoms with Crippen LogP contribution >= 0.6 is 24.0 Å². The Hall–Kier alpha value is 0.400. The largest absolute Gasteiger partial charge is 0.299 e. The van der Waals surface area contributed by atoms with Crippen LogP contribution in [0.5, 0.6) is 0 Å². The number of rotatable bonds is 0. The minimum atomic E-state index is 0. The molecule has 70 valence electrons. The number of carbonyl (C=O) groups excluding carboxylic acids is 1. The third-order valence-corrected chi connectivity index (χ3v) is 4.48. The second-order valence-electron chi connectivity index (χ2n) is 4.92. The van der Waals surface area contributed by atoms with E-state index in [0.29, 0.717) is 11.7 Å². The predicted octanol–water partition coefficient (Wildman–Crippen LogP) is 3.02. The molecule has 0 amide bonds. The lowest BCUT2D eigenvalue weighted by atomic mass is 9.70. The van der Waals surface area contributed by atoms with E-state index in [1.807, 2.05) is 0 Å². The molecule has 2 atom stereocenters. The molecule has 0 heterocycles. The maximum atomic E-state index is 11.6. The molecule has 0 radical (unpaired) electrons. The zero-order chi connectivity index (χ0) is 8.28. The second-order valence-corrected chi connectivity index (χ2v) is 4.92. The Morgan fingerprint density at radius 3 is 2.08 bits per heavy atom. The fourth-order valence-electron chi connectivity index (χ4n) is 2.90. The number of halogens is 1. The molecule has 2 bridgehead atoms. The Labute approximate surface area is 91.3 Å². The summed E-state index contributed by atoms with van der Waals surface area (Å²) in [6.45, 7) is 6.67. The van der Waals surface area contributed by atoms with Crippen molar-refractivity contribution in [3.8, 4) is 0 Å². The van der Waals surface area contributed by atoms with Gasteiger partial charge in [-0.05, 0) is 24.2 Å². The van der Waals surface area contributed by atoms with Gasteiger partial charge in [0, 0.05) is 11.8 Å². The third-order valence-electron chi connectivity index (χ3n) is 4.48. The Balaban J connectivity index is 0.000000720. The molecule has 0 N–H and O–H groups in total. The summed E-state index contributed by atoms with van der Waals surface area (Å²) in [7, 11) is 0. The fraction of sp³-hybridized carbons (Fsp3) is 0.900. The van der Waals surface area contributed by atoms with Gasteiger partial charge in [-0.25, -0.2) is 0 Å². The van der Waals surface area contributed by atoms with Crippen molar-refractivity contribution in [2.75, 3.05) is 0 Å². The van der Waals surface area contributed by atoms with E-state index in [1.54, 1.807) is 0 Å². The van der Waals surface area contributed by atoms with Crippen molar-refractivity contribution in [2.24, 2.45) is 16.7 Å². The summed E-state index contributed by atoms with van der Waals surface area (Å²) in [5, 5.41) is 0. The van der Waals surface area contributed by atoms with E-state index in [9.17, 15) is 4.79 Å². The Morgan fingerprint density at radius 2 is 1.92 bits per heavy atom. The first-order valence-electron chi connectivity index (χ1n) is 4.52. The summed E-state index contributed by atoms with van der Waals surface area (Å²) < 4.78 is 0. The highest BCUT2D eigenvalue weighted by Crippen LogP contribution is 2.63. The van der Waals surface area contributed by atoms with Gasteiger partial charge >= 0.3 is 0 Å². The minimum absolute atomic E-state index is 0. The zero-order valence-corrected chi connectivity index (χ0v) is 10.3. The monoisotopic (exact) mass is 280 g/mol. The highest BCUT2D eigenvalue weighted by atomic mass is 127. The summed E-state index contributed by atoms with van der Waals surface area (Å²) in [6.07, 6.45) is 3.25. The summed E-state index contributed by atoms with van der Waals surface area (Å²) >= 11 is 0. The smallest absolute Gasteiger partial charge is 0.139 e. The molecule has 2 heteroatoms. The van der Waals surface area contributed by atoms with Crippen LogP contribution in [0.4, 0.5) is 0 Å². The highest BCUT2D eigenvalue weighted by molar-refractivity contribution is 14.0. The van der Waals surface area contributed by atoms with E-state index < -0.39 is 0 Å². The summed E-state index contributed by atoms with van der Waals surface area (Å²) in [5.74, 6) is 1.19. The lowest BCUT2D eigenvalue weighted by molar-refractivity contribution is -0.128. The van der Waals surface area contributed by atoms with Crippen molar-refractivity contribution in [3.63, 3.8) is 0 Å². The van der Waals surface area contributed by atoms with Gasteiger partial charge in [-0.3, -0.25) is 4.79 Å². The molecule has 0 spiro atoms. The molecule has 0 aromatic heterocycles. The topological polar surface area (TPSA) is 17.1 Å². The van der Waals surface area contributed by atoms with Gasteiger partial charge < -0.3 is 0 Å². The Kier molecular flexibility index (Phi) is 2.35. The van der Waals surface area contributed by atoms with E-state index in [2.05, 4.69) is 20.8 Å². The van der Waals surface area contributed by atoms with Gasteiger partial charge in [0.05, 0.1) is 0 Å². The van der Waals surface area contributed by atoms with Crippen molar-refractivity contribution < 1.29 is 4.79 Å². The summed E-state index contributed by atoms with van der Waals surface area (Å²) in [6, 6.07) is 0. The van der Waals surface area contributed by atoms with Gasteiger partial charge in [0.2, 0.25) is 0 Å². The van der Waals surface area contributed by atoms with Gasteiger partial charge in [0.1, 0.15) is 5.78 Å². The molecule has 1 nitrogen and oxygen atoms in total. The standard InChI is InChI=1S/C10H16O.HI/c1-9(2)7-4-5-10(9,3)8(11)6-7;/h7H,4-6H2,1-3H3;1H.